The fraction of sp³-hybridized carbons (Fsp3) is 0.154. The van der Waals surface area contributed by atoms with Gasteiger partial charge >= 0.3 is 0 Å². The molecule has 1 aromatic heterocycles. The molecule has 1 heterocycles. The Morgan fingerprint density at radius 1 is 1.30 bits per heavy atom. The van der Waals surface area contributed by atoms with Crippen molar-refractivity contribution in [2.24, 2.45) is 0 Å². The zero-order valence-electron chi connectivity index (χ0n) is 11.2. The third kappa shape index (κ3) is 2.94. The first-order valence-electron chi connectivity index (χ1n) is 5.91. The number of nitrogens with zero attached hydrogens (tertiary/aromatic N) is 2. The number of anilines is 2. The summed E-state index contributed by atoms with van der Waals surface area (Å²) in [5, 5.41) is 8.87. The van der Waals surface area contributed by atoms with Crippen LogP contribution in [0.2, 0.25) is 0 Å². The van der Waals surface area contributed by atoms with E-state index in [1.807, 2.05) is 0 Å². The Bertz CT molecular complexity index is 648. The van der Waals surface area contributed by atoms with E-state index in [9.17, 15) is 9.59 Å². The van der Waals surface area contributed by atoms with Crippen LogP contribution in [-0.4, -0.2) is 41.0 Å². The molecule has 7 nitrogen and oxygen atoms in total. The maximum atomic E-state index is 11.9. The summed E-state index contributed by atoms with van der Waals surface area (Å²) in [6.07, 6.45) is 0. The van der Waals surface area contributed by atoms with E-state index in [0.29, 0.717) is 11.3 Å². The average molecular weight is 273 g/mol. The molecule has 0 aliphatic carbocycles. The summed E-state index contributed by atoms with van der Waals surface area (Å²) in [4.78, 5) is 25.2. The largest absolute Gasteiger partial charge is 0.382 e. The second-order valence-corrected chi connectivity index (χ2v) is 4.44. The van der Waals surface area contributed by atoms with Crippen molar-refractivity contribution in [3.8, 4) is 0 Å². The number of nitrogens with two attached hydrogens (primary N) is 1. The molecule has 2 amide bonds. The van der Waals surface area contributed by atoms with E-state index in [0.717, 1.165) is 0 Å². The van der Waals surface area contributed by atoms with Crippen molar-refractivity contribution in [2.45, 2.75) is 0 Å². The predicted octanol–water partition coefficient (Wildman–Crippen LogP) is 0.946. The van der Waals surface area contributed by atoms with Gasteiger partial charge in [-0.2, -0.15) is 5.10 Å². The van der Waals surface area contributed by atoms with E-state index in [-0.39, 0.29) is 23.3 Å². The van der Waals surface area contributed by atoms with Crippen LogP contribution in [0.25, 0.3) is 0 Å². The topological polar surface area (TPSA) is 104 Å². The number of nitrogens with one attached hydrogen (secondary N) is 2. The summed E-state index contributed by atoms with van der Waals surface area (Å²) in [6, 6.07) is 8.13. The molecule has 0 bridgehead atoms. The summed E-state index contributed by atoms with van der Waals surface area (Å²) in [5.41, 5.74) is 6.71. The number of hydrogen-bond donors (Lipinski definition) is 3. The van der Waals surface area contributed by atoms with E-state index in [2.05, 4.69) is 15.5 Å². The first-order chi connectivity index (χ1) is 9.47. The molecule has 2 aromatic rings. The molecule has 0 fully saturated rings. The average Bonchev–Trinajstić information content (AvgIpc) is 2.85. The Labute approximate surface area is 115 Å². The normalized spacial score (nSPS) is 10.1. The molecule has 0 unspecified atom stereocenters. The first-order valence-corrected chi connectivity index (χ1v) is 5.91. The van der Waals surface area contributed by atoms with Crippen molar-refractivity contribution in [3.05, 3.63) is 41.6 Å². The molecule has 7 heteroatoms. The lowest BCUT2D eigenvalue weighted by Crippen LogP contribution is -2.22. The number of rotatable bonds is 3. The number of amides is 2. The minimum atomic E-state index is -0.372. The summed E-state index contributed by atoms with van der Waals surface area (Å²) in [6.45, 7) is 0. The summed E-state index contributed by atoms with van der Waals surface area (Å²) in [5.74, 6) is -0.262. The Hall–Kier alpha value is -2.83. The maximum Gasteiger partial charge on any atom is 0.273 e. The van der Waals surface area contributed by atoms with Gasteiger partial charge in [-0.1, -0.05) is 6.07 Å². The maximum absolute atomic E-state index is 11.9. The lowest BCUT2D eigenvalue weighted by molar-refractivity contribution is 0.0827. The Kier molecular flexibility index (Phi) is 3.69. The predicted molar refractivity (Wildman–Crippen MR) is 75.4 cm³/mol. The zero-order valence-corrected chi connectivity index (χ0v) is 11.2. The molecular weight excluding hydrogens is 258 g/mol. The Morgan fingerprint density at radius 3 is 2.65 bits per heavy atom. The second-order valence-electron chi connectivity index (χ2n) is 4.44. The fourth-order valence-electron chi connectivity index (χ4n) is 1.64. The van der Waals surface area contributed by atoms with Crippen molar-refractivity contribution in [1.29, 1.82) is 0 Å². The van der Waals surface area contributed by atoms with Crippen molar-refractivity contribution in [3.63, 3.8) is 0 Å². The lowest BCUT2D eigenvalue weighted by atomic mass is 10.2. The molecule has 0 saturated heterocycles. The molecule has 0 radical (unpaired) electrons. The fourth-order valence-corrected chi connectivity index (χ4v) is 1.64. The van der Waals surface area contributed by atoms with Crippen LogP contribution in [0.5, 0.6) is 0 Å². The van der Waals surface area contributed by atoms with Gasteiger partial charge < -0.3 is 16.0 Å². The van der Waals surface area contributed by atoms with Crippen molar-refractivity contribution >= 4 is 23.3 Å². The molecule has 4 N–H and O–H groups in total. The molecule has 104 valence electrons. The zero-order chi connectivity index (χ0) is 14.7. The minimum absolute atomic E-state index is 0.133. The third-order valence-corrected chi connectivity index (χ3v) is 2.62. The van der Waals surface area contributed by atoms with E-state index in [1.165, 1.54) is 11.0 Å². The smallest absolute Gasteiger partial charge is 0.273 e. The van der Waals surface area contributed by atoms with Gasteiger partial charge in [-0.25, -0.2) is 0 Å². The number of aromatic amines is 1. The molecule has 1 aromatic carbocycles. The monoisotopic (exact) mass is 273 g/mol. The second kappa shape index (κ2) is 5.43. The lowest BCUT2D eigenvalue weighted by Gasteiger charge is -2.11. The minimum Gasteiger partial charge on any atom is -0.382 e. The van der Waals surface area contributed by atoms with E-state index < -0.39 is 0 Å². The van der Waals surface area contributed by atoms with Gasteiger partial charge in [0.05, 0.1) is 0 Å². The quantitative estimate of drug-likeness (QED) is 0.774. The highest BCUT2D eigenvalue weighted by Crippen LogP contribution is 2.13. The van der Waals surface area contributed by atoms with Crippen LogP contribution in [0.4, 0.5) is 11.5 Å². The first kappa shape index (κ1) is 13.6. The van der Waals surface area contributed by atoms with Gasteiger partial charge in [0.1, 0.15) is 11.5 Å². The molecule has 20 heavy (non-hydrogen) atoms. The van der Waals surface area contributed by atoms with E-state index in [1.54, 1.807) is 38.4 Å². The highest BCUT2D eigenvalue weighted by atomic mass is 16.2. The van der Waals surface area contributed by atoms with Crippen LogP contribution < -0.4 is 11.1 Å². The van der Waals surface area contributed by atoms with E-state index in [4.69, 9.17) is 5.73 Å². The van der Waals surface area contributed by atoms with E-state index >= 15 is 0 Å². The molecule has 2 rings (SSSR count). The molecule has 0 aliphatic heterocycles. The molecule has 0 saturated carbocycles. The number of nitrogen functional groups attached to an aromatic ring is 1. The van der Waals surface area contributed by atoms with Gasteiger partial charge in [0.15, 0.2) is 0 Å². The summed E-state index contributed by atoms with van der Waals surface area (Å²) in [7, 11) is 3.34. The van der Waals surface area contributed by atoms with Crippen molar-refractivity contribution in [1.82, 2.24) is 15.1 Å². The number of carbonyl (C=O) groups is 2. The number of H-pyrrole nitrogens is 1. The van der Waals surface area contributed by atoms with Crippen LogP contribution in [0, 0.1) is 0 Å². The van der Waals surface area contributed by atoms with Gasteiger partial charge in [0.2, 0.25) is 0 Å². The van der Waals surface area contributed by atoms with Crippen LogP contribution >= 0.6 is 0 Å². The molecule has 0 atom stereocenters. The van der Waals surface area contributed by atoms with Gasteiger partial charge in [0, 0.05) is 31.4 Å². The standard InChI is InChI=1S/C13H15N5O2/c1-18(2)13(20)8-4-3-5-9(6-8)15-12(19)10-7-11(14)17-16-10/h3-7H,1-2H3,(H,15,19)(H3,14,16,17). The third-order valence-electron chi connectivity index (χ3n) is 2.62. The van der Waals surface area contributed by atoms with Gasteiger partial charge in [-0.05, 0) is 18.2 Å². The Morgan fingerprint density at radius 2 is 2.05 bits per heavy atom. The number of hydrogen-bond acceptors (Lipinski definition) is 4. The summed E-state index contributed by atoms with van der Waals surface area (Å²) >= 11 is 0. The van der Waals surface area contributed by atoms with Crippen LogP contribution in [-0.2, 0) is 0 Å². The number of aromatic nitrogens is 2. The highest BCUT2D eigenvalue weighted by molar-refractivity contribution is 6.04. The molecular formula is C13H15N5O2. The van der Waals surface area contributed by atoms with Gasteiger partial charge in [0.25, 0.3) is 11.8 Å². The van der Waals surface area contributed by atoms with Crippen LogP contribution in [0.1, 0.15) is 20.8 Å². The highest BCUT2D eigenvalue weighted by Gasteiger charge is 2.11. The van der Waals surface area contributed by atoms with Gasteiger partial charge in [-0.15, -0.1) is 0 Å². The van der Waals surface area contributed by atoms with Crippen molar-refractivity contribution in [2.75, 3.05) is 25.1 Å². The van der Waals surface area contributed by atoms with Crippen LogP contribution in [0.15, 0.2) is 30.3 Å². The Balaban J connectivity index is 2.16. The van der Waals surface area contributed by atoms with Crippen molar-refractivity contribution < 1.29 is 9.59 Å². The number of benzene rings is 1. The SMILES string of the molecule is CN(C)C(=O)c1cccc(NC(=O)c2cc(N)n[nH]2)c1. The summed E-state index contributed by atoms with van der Waals surface area (Å²) < 4.78 is 0. The van der Waals surface area contributed by atoms with Crippen LogP contribution in [0.3, 0.4) is 0 Å². The molecule has 0 aliphatic rings. The van der Waals surface area contributed by atoms with Gasteiger partial charge in [-0.3, -0.25) is 14.7 Å². The molecule has 0 spiro atoms. The number of carbonyl (C=O) groups excluding carboxylic acids is 2.